The third-order valence-corrected chi connectivity index (χ3v) is 6.19. The third kappa shape index (κ3) is 7.89. The number of aromatic nitrogens is 2. The van der Waals surface area contributed by atoms with Crippen LogP contribution in [-0.2, 0) is 16.8 Å². The molecule has 4 rings (SSSR count). The fourth-order valence-corrected chi connectivity index (χ4v) is 3.88. The van der Waals surface area contributed by atoms with Gasteiger partial charge in [0.15, 0.2) is 0 Å². The summed E-state index contributed by atoms with van der Waals surface area (Å²) in [6, 6.07) is 13.8. The Bertz CT molecular complexity index is 1500. The quantitative estimate of drug-likeness (QED) is 0.0872. The highest BCUT2D eigenvalue weighted by molar-refractivity contribution is 5.98. The second-order valence-corrected chi connectivity index (χ2v) is 9.90. The van der Waals surface area contributed by atoms with Crippen molar-refractivity contribution in [1.29, 1.82) is 5.41 Å². The molecule has 1 heterocycles. The maximum Gasteiger partial charge on any atom is 0.142 e. The predicted octanol–water partition coefficient (Wildman–Crippen LogP) is 2.72. The zero-order valence-corrected chi connectivity index (χ0v) is 24.0. The molecule has 11 N–H and O–H groups in total. The molecule has 1 unspecified atom stereocenters. The van der Waals surface area contributed by atoms with E-state index in [1.54, 1.807) is 62.4 Å². The molecule has 0 spiro atoms. The zero-order chi connectivity index (χ0) is 30.9. The number of amidine groups is 1. The number of imidazole rings is 1. The molecule has 0 saturated carbocycles. The summed E-state index contributed by atoms with van der Waals surface area (Å²) in [6.07, 6.45) is 0.289. The molecule has 1 atom stereocenters. The molecule has 1 aromatic heterocycles. The van der Waals surface area contributed by atoms with Crippen LogP contribution in [-0.4, -0.2) is 69.3 Å². The van der Waals surface area contributed by atoms with Crippen LogP contribution in [0.15, 0.2) is 48.5 Å². The Kier molecular flexibility index (Phi) is 11.5. The highest BCUT2D eigenvalue weighted by Crippen LogP contribution is 2.44. The molecule has 3 aromatic carbocycles. The molecule has 0 amide bonds. The number of aliphatic hydroxyl groups excluding tert-OH is 2. The molecule has 11 nitrogen and oxygen atoms in total. The normalized spacial score (nSPS) is 11.6. The SMILES string of the molecule is CC(O)CO.CN.CNCc1ccc(O)c(-c2cc(C(C)(C)C=O)cc(-c3nc4ccc(C(=N)N)cc4[nH]3)c2O)c1. The monoisotopic (exact) mass is 564 g/mol. The number of carbonyl (C=O) groups excluding carboxylic acids is 1. The number of carbonyl (C=O) groups is 1. The molecular formula is C30H40N6O5. The van der Waals surface area contributed by atoms with Crippen molar-refractivity contribution in [2.24, 2.45) is 11.5 Å². The molecule has 220 valence electrons. The molecule has 4 aromatic rings. The number of rotatable bonds is 8. The number of aliphatic hydroxyl groups is 2. The number of hydrogen-bond acceptors (Lipinski definition) is 9. The van der Waals surface area contributed by atoms with Crippen LogP contribution < -0.4 is 16.8 Å². The Morgan fingerprint density at radius 2 is 1.73 bits per heavy atom. The van der Waals surface area contributed by atoms with Gasteiger partial charge in [0.1, 0.15) is 29.4 Å². The van der Waals surface area contributed by atoms with Crippen molar-refractivity contribution >= 4 is 23.2 Å². The number of nitrogens with one attached hydrogen (secondary N) is 3. The smallest absolute Gasteiger partial charge is 0.142 e. The summed E-state index contributed by atoms with van der Waals surface area (Å²) in [5.74, 6) is 0.268. The summed E-state index contributed by atoms with van der Waals surface area (Å²) in [5.41, 5.74) is 13.9. The Hall–Kier alpha value is -4.29. The lowest BCUT2D eigenvalue weighted by Crippen LogP contribution is -2.19. The van der Waals surface area contributed by atoms with Gasteiger partial charge in [-0.25, -0.2) is 4.98 Å². The van der Waals surface area contributed by atoms with E-state index in [0.29, 0.717) is 51.2 Å². The van der Waals surface area contributed by atoms with Crippen LogP contribution in [0.4, 0.5) is 0 Å². The summed E-state index contributed by atoms with van der Waals surface area (Å²) in [6.45, 7) is 5.55. The summed E-state index contributed by atoms with van der Waals surface area (Å²) < 4.78 is 0. The maximum absolute atomic E-state index is 11.9. The number of aromatic amines is 1. The number of aromatic hydroxyl groups is 2. The third-order valence-electron chi connectivity index (χ3n) is 6.19. The lowest BCUT2D eigenvalue weighted by Gasteiger charge is -2.21. The number of H-pyrrole nitrogens is 1. The van der Waals surface area contributed by atoms with E-state index < -0.39 is 11.5 Å². The number of nitrogens with two attached hydrogens (primary N) is 2. The van der Waals surface area contributed by atoms with Crippen LogP contribution in [0.5, 0.6) is 11.5 Å². The zero-order valence-electron chi connectivity index (χ0n) is 24.0. The molecule has 11 heteroatoms. The summed E-state index contributed by atoms with van der Waals surface area (Å²) in [7, 11) is 3.33. The Labute approximate surface area is 239 Å². The van der Waals surface area contributed by atoms with Crippen LogP contribution in [0.3, 0.4) is 0 Å². The molecule has 0 bridgehead atoms. The van der Waals surface area contributed by atoms with Crippen molar-refractivity contribution in [3.05, 3.63) is 65.2 Å². The molecule has 0 aliphatic heterocycles. The second-order valence-electron chi connectivity index (χ2n) is 9.90. The van der Waals surface area contributed by atoms with E-state index in [1.165, 1.54) is 14.0 Å². The molecule has 0 saturated heterocycles. The Balaban J connectivity index is 0.000000759. The van der Waals surface area contributed by atoms with Crippen molar-refractivity contribution in [2.75, 3.05) is 20.7 Å². The van der Waals surface area contributed by atoms with E-state index in [0.717, 1.165) is 11.8 Å². The fourth-order valence-electron chi connectivity index (χ4n) is 3.88. The van der Waals surface area contributed by atoms with Gasteiger partial charge in [-0.2, -0.15) is 0 Å². The van der Waals surface area contributed by atoms with E-state index in [1.807, 2.05) is 7.05 Å². The molecule has 0 fully saturated rings. The standard InChI is InChI=1S/C26H27N5O3.C3H8O2.CH5N/c1-26(2,13-32)16-10-18(17-8-14(12-29-3)4-7-22(17)33)23(34)19(11-16)25-30-20-6-5-15(24(27)28)9-21(20)31-25;1-3(5)2-4;1-2/h4-11,13,29,33-34H,12H2,1-3H3,(H3,27,28)(H,30,31);3-5H,2H2,1H3;2H2,1H3. The van der Waals surface area contributed by atoms with Crippen LogP contribution in [0, 0.1) is 5.41 Å². The van der Waals surface area contributed by atoms with Gasteiger partial charge in [0, 0.05) is 28.7 Å². The van der Waals surface area contributed by atoms with Gasteiger partial charge >= 0.3 is 0 Å². The summed E-state index contributed by atoms with van der Waals surface area (Å²) in [5, 5.41) is 48.7. The number of nitrogens with zero attached hydrogens (tertiary/aromatic N) is 1. The first-order valence-corrected chi connectivity index (χ1v) is 12.9. The first-order valence-electron chi connectivity index (χ1n) is 12.9. The maximum atomic E-state index is 11.9. The van der Waals surface area contributed by atoms with Crippen molar-refractivity contribution in [1.82, 2.24) is 15.3 Å². The van der Waals surface area contributed by atoms with Crippen LogP contribution >= 0.6 is 0 Å². The van der Waals surface area contributed by atoms with E-state index in [4.69, 9.17) is 21.4 Å². The Morgan fingerprint density at radius 3 is 2.29 bits per heavy atom. The van der Waals surface area contributed by atoms with Gasteiger partial charge in [-0.15, -0.1) is 0 Å². The first-order chi connectivity index (χ1) is 19.4. The van der Waals surface area contributed by atoms with Crippen LogP contribution in [0.25, 0.3) is 33.5 Å². The highest BCUT2D eigenvalue weighted by atomic mass is 16.3. The van der Waals surface area contributed by atoms with Gasteiger partial charge in [0.2, 0.25) is 0 Å². The summed E-state index contributed by atoms with van der Waals surface area (Å²) in [4.78, 5) is 19.7. The minimum Gasteiger partial charge on any atom is -0.507 e. The fraction of sp³-hybridized carbons (Fsp3) is 0.300. The number of phenols is 2. The summed E-state index contributed by atoms with van der Waals surface area (Å²) >= 11 is 0. The lowest BCUT2D eigenvalue weighted by molar-refractivity contribution is -0.111. The van der Waals surface area contributed by atoms with Gasteiger partial charge in [0.05, 0.1) is 29.3 Å². The highest BCUT2D eigenvalue weighted by Gasteiger charge is 2.26. The van der Waals surface area contributed by atoms with Gasteiger partial charge in [-0.1, -0.05) is 6.07 Å². The van der Waals surface area contributed by atoms with Crippen molar-refractivity contribution in [2.45, 2.75) is 38.8 Å². The molecule has 0 aliphatic rings. The topological polar surface area (TPSA) is 215 Å². The second kappa shape index (κ2) is 14.4. The average Bonchev–Trinajstić information content (AvgIpc) is 3.39. The van der Waals surface area contributed by atoms with E-state index >= 15 is 0 Å². The number of hydrogen-bond donors (Lipinski definition) is 9. The van der Waals surface area contributed by atoms with E-state index in [2.05, 4.69) is 21.0 Å². The molecule has 0 radical (unpaired) electrons. The van der Waals surface area contributed by atoms with Crippen molar-refractivity contribution < 1.29 is 25.2 Å². The van der Waals surface area contributed by atoms with Gasteiger partial charge < -0.3 is 47.0 Å². The largest absolute Gasteiger partial charge is 0.507 e. The number of benzene rings is 3. The van der Waals surface area contributed by atoms with E-state index in [9.17, 15) is 15.0 Å². The molecular weight excluding hydrogens is 524 g/mol. The van der Waals surface area contributed by atoms with Crippen LogP contribution in [0.1, 0.15) is 37.5 Å². The molecule has 41 heavy (non-hydrogen) atoms. The van der Waals surface area contributed by atoms with Gasteiger partial charge in [-0.3, -0.25) is 5.41 Å². The van der Waals surface area contributed by atoms with Gasteiger partial charge in [-0.05, 0) is 88.5 Å². The number of phenolic OH excluding ortho intramolecular Hbond substituents is 2. The predicted molar refractivity (Wildman–Crippen MR) is 162 cm³/mol. The number of fused-ring (bicyclic) bond motifs is 1. The van der Waals surface area contributed by atoms with Gasteiger partial charge in [0.25, 0.3) is 0 Å². The van der Waals surface area contributed by atoms with Crippen molar-refractivity contribution in [3.63, 3.8) is 0 Å². The van der Waals surface area contributed by atoms with E-state index in [-0.39, 0.29) is 23.9 Å². The minimum absolute atomic E-state index is 0.0119. The number of nitrogen functional groups attached to an aromatic ring is 1. The van der Waals surface area contributed by atoms with Crippen molar-refractivity contribution in [3.8, 4) is 34.0 Å². The minimum atomic E-state index is -0.844. The Morgan fingerprint density at radius 1 is 1.10 bits per heavy atom. The van der Waals surface area contributed by atoms with Crippen LogP contribution in [0.2, 0.25) is 0 Å². The number of aldehydes is 1. The lowest BCUT2D eigenvalue weighted by atomic mass is 9.83. The first kappa shape index (κ1) is 32.9. The molecule has 0 aliphatic carbocycles. The average molecular weight is 565 g/mol.